The summed E-state index contributed by atoms with van der Waals surface area (Å²) in [6.45, 7) is 5.81. The third-order valence-electron chi connectivity index (χ3n) is 4.48. The van der Waals surface area contributed by atoms with Crippen LogP contribution in [-0.4, -0.2) is 19.7 Å². The number of aryl methyl sites for hydroxylation is 2. The zero-order chi connectivity index (χ0) is 21.9. The second-order valence-electron chi connectivity index (χ2n) is 6.72. The molecule has 0 spiro atoms. The van der Waals surface area contributed by atoms with Crippen molar-refractivity contribution in [2.45, 2.75) is 20.8 Å². The predicted octanol–water partition coefficient (Wildman–Crippen LogP) is 5.92. The number of carbonyl (C=O) groups excluding carboxylic acids is 1. The standard InChI is InChI=1S/C22H23FNO4PS/c1-5-28-29(26,19-11-6-14(2)12-15(19)3)24-18-13-20(30-21(18)22(25)27-4)16-7-9-17(23)10-8-16/h6-13H,5H2,1-4H3,(H,24,26). The van der Waals surface area contributed by atoms with Crippen molar-refractivity contribution in [3.63, 3.8) is 0 Å². The van der Waals surface area contributed by atoms with E-state index in [1.807, 2.05) is 26.0 Å². The van der Waals surface area contributed by atoms with Gasteiger partial charge in [0.2, 0.25) is 0 Å². The molecular weight excluding hydrogens is 424 g/mol. The molecule has 0 bridgehead atoms. The summed E-state index contributed by atoms with van der Waals surface area (Å²) in [5, 5.41) is 3.53. The molecule has 5 nitrogen and oxygen atoms in total. The van der Waals surface area contributed by atoms with Crippen LogP contribution >= 0.6 is 18.9 Å². The molecule has 0 aliphatic rings. The van der Waals surface area contributed by atoms with Crippen LogP contribution in [0.4, 0.5) is 10.1 Å². The lowest BCUT2D eigenvalue weighted by atomic mass is 10.2. The molecule has 1 aromatic heterocycles. The Morgan fingerprint density at radius 1 is 1.13 bits per heavy atom. The topological polar surface area (TPSA) is 64.6 Å². The summed E-state index contributed by atoms with van der Waals surface area (Å²) >= 11 is 1.18. The van der Waals surface area contributed by atoms with Crippen molar-refractivity contribution >= 4 is 35.8 Å². The highest BCUT2D eigenvalue weighted by atomic mass is 32.1. The molecule has 30 heavy (non-hydrogen) atoms. The minimum Gasteiger partial charge on any atom is -0.465 e. The summed E-state index contributed by atoms with van der Waals surface area (Å²) in [6, 6.07) is 13.2. The number of rotatable bonds is 7. The Morgan fingerprint density at radius 2 is 1.83 bits per heavy atom. The normalized spacial score (nSPS) is 13.0. The van der Waals surface area contributed by atoms with Crippen LogP contribution in [0.25, 0.3) is 10.4 Å². The average Bonchev–Trinajstić information content (AvgIpc) is 3.11. The van der Waals surface area contributed by atoms with Gasteiger partial charge in [-0.3, -0.25) is 4.57 Å². The average molecular weight is 447 g/mol. The largest absolute Gasteiger partial charge is 0.465 e. The molecule has 3 aromatic rings. The van der Waals surface area contributed by atoms with Gasteiger partial charge >= 0.3 is 13.5 Å². The van der Waals surface area contributed by atoms with Crippen LogP contribution in [0.1, 0.15) is 27.7 Å². The van der Waals surface area contributed by atoms with Crippen LogP contribution in [0.15, 0.2) is 48.5 Å². The second-order valence-corrected chi connectivity index (χ2v) is 9.84. The van der Waals surface area contributed by atoms with Gasteiger partial charge in [-0.2, -0.15) is 0 Å². The summed E-state index contributed by atoms with van der Waals surface area (Å²) in [4.78, 5) is 13.4. The van der Waals surface area contributed by atoms with Crippen molar-refractivity contribution in [1.29, 1.82) is 0 Å². The first-order valence-electron chi connectivity index (χ1n) is 9.36. The van der Waals surface area contributed by atoms with Crippen LogP contribution in [-0.2, 0) is 13.8 Å². The molecule has 0 fully saturated rings. The summed E-state index contributed by atoms with van der Waals surface area (Å²) < 4.78 is 37.7. The number of esters is 1. The van der Waals surface area contributed by atoms with E-state index in [1.165, 1.54) is 30.6 Å². The smallest absolute Gasteiger partial charge is 0.350 e. The highest BCUT2D eigenvalue weighted by Gasteiger charge is 2.31. The number of hydrogen-bond acceptors (Lipinski definition) is 5. The fraction of sp³-hybridized carbons (Fsp3) is 0.227. The summed E-state index contributed by atoms with van der Waals surface area (Å²) in [6.07, 6.45) is 0. The van der Waals surface area contributed by atoms with E-state index in [4.69, 9.17) is 9.26 Å². The van der Waals surface area contributed by atoms with Crippen molar-refractivity contribution in [2.24, 2.45) is 0 Å². The number of methoxy groups -OCH3 is 1. The maximum atomic E-state index is 13.8. The molecular formula is C22H23FNO4PS. The molecule has 158 valence electrons. The molecule has 0 radical (unpaired) electrons. The van der Waals surface area contributed by atoms with Crippen LogP contribution in [0.3, 0.4) is 0 Å². The lowest BCUT2D eigenvalue weighted by Crippen LogP contribution is -2.18. The van der Waals surface area contributed by atoms with E-state index in [2.05, 4.69) is 5.09 Å². The number of thiophene rings is 1. The molecule has 2 aromatic carbocycles. The van der Waals surface area contributed by atoms with Gasteiger partial charge in [-0.25, -0.2) is 9.18 Å². The Labute approximate surface area is 179 Å². The summed E-state index contributed by atoms with van der Waals surface area (Å²) in [5.41, 5.74) is 2.96. The van der Waals surface area contributed by atoms with Crippen molar-refractivity contribution in [2.75, 3.05) is 18.8 Å². The van der Waals surface area contributed by atoms with E-state index in [9.17, 15) is 13.8 Å². The van der Waals surface area contributed by atoms with Crippen molar-refractivity contribution in [3.8, 4) is 10.4 Å². The van der Waals surface area contributed by atoms with Gasteiger partial charge < -0.3 is 14.3 Å². The SMILES string of the molecule is CCOP(=O)(Nc1cc(-c2ccc(F)cc2)sc1C(=O)OC)c1ccc(C)cc1C. The molecule has 0 aliphatic carbocycles. The Balaban J connectivity index is 2.08. The number of halogens is 1. The number of nitrogens with one attached hydrogen (secondary N) is 1. The number of carbonyl (C=O) groups is 1. The Hall–Kier alpha value is -2.47. The van der Waals surface area contributed by atoms with Gasteiger partial charge in [-0.1, -0.05) is 29.8 Å². The van der Waals surface area contributed by atoms with Crippen molar-refractivity contribution in [3.05, 3.63) is 70.4 Å². The zero-order valence-corrected chi connectivity index (χ0v) is 18.9. The van der Waals surface area contributed by atoms with Crippen molar-refractivity contribution < 1.29 is 23.0 Å². The maximum absolute atomic E-state index is 13.8. The van der Waals surface area contributed by atoms with E-state index in [0.717, 1.165) is 16.7 Å². The van der Waals surface area contributed by atoms with E-state index in [1.54, 1.807) is 31.2 Å². The molecule has 1 atom stereocenters. The Kier molecular flexibility index (Phi) is 6.76. The highest BCUT2D eigenvalue weighted by Crippen LogP contribution is 2.49. The molecule has 0 saturated carbocycles. The maximum Gasteiger partial charge on any atom is 0.350 e. The molecule has 0 amide bonds. The van der Waals surface area contributed by atoms with E-state index < -0.39 is 13.5 Å². The Morgan fingerprint density at radius 3 is 2.43 bits per heavy atom. The minimum absolute atomic E-state index is 0.222. The minimum atomic E-state index is -3.53. The molecule has 1 unspecified atom stereocenters. The third-order valence-corrected chi connectivity index (χ3v) is 7.94. The van der Waals surface area contributed by atoms with E-state index in [-0.39, 0.29) is 17.3 Å². The van der Waals surface area contributed by atoms with Crippen LogP contribution in [0.5, 0.6) is 0 Å². The van der Waals surface area contributed by atoms with E-state index >= 15 is 0 Å². The lowest BCUT2D eigenvalue weighted by molar-refractivity contribution is 0.0607. The quantitative estimate of drug-likeness (QED) is 0.360. The predicted molar refractivity (Wildman–Crippen MR) is 119 cm³/mol. The van der Waals surface area contributed by atoms with Gasteiger partial charge in [0.05, 0.1) is 24.7 Å². The fourth-order valence-corrected chi connectivity index (χ4v) is 6.21. The fourth-order valence-electron chi connectivity index (χ4n) is 3.11. The molecule has 1 heterocycles. The first-order chi connectivity index (χ1) is 14.3. The second kappa shape index (κ2) is 9.13. The number of hydrogen-bond donors (Lipinski definition) is 1. The van der Waals surface area contributed by atoms with Gasteiger partial charge in [0.15, 0.2) is 0 Å². The zero-order valence-electron chi connectivity index (χ0n) is 17.2. The van der Waals surface area contributed by atoms with Crippen LogP contribution in [0, 0.1) is 19.7 Å². The summed E-state index contributed by atoms with van der Waals surface area (Å²) in [7, 11) is -2.24. The monoisotopic (exact) mass is 447 g/mol. The lowest BCUT2D eigenvalue weighted by Gasteiger charge is -2.22. The molecule has 0 aliphatic heterocycles. The van der Waals surface area contributed by atoms with Crippen molar-refractivity contribution in [1.82, 2.24) is 0 Å². The first-order valence-corrected chi connectivity index (χ1v) is 11.8. The molecule has 0 saturated heterocycles. The number of benzene rings is 2. The highest BCUT2D eigenvalue weighted by molar-refractivity contribution is 7.68. The van der Waals surface area contributed by atoms with Gasteiger partial charge in [-0.15, -0.1) is 11.3 Å². The third kappa shape index (κ3) is 4.64. The Bertz CT molecular complexity index is 1110. The summed E-state index contributed by atoms with van der Waals surface area (Å²) in [5.74, 6) is -0.905. The van der Waals surface area contributed by atoms with Gasteiger partial charge in [0.1, 0.15) is 10.7 Å². The van der Waals surface area contributed by atoms with Crippen LogP contribution in [0.2, 0.25) is 0 Å². The van der Waals surface area contributed by atoms with Gasteiger partial charge in [0.25, 0.3) is 0 Å². The molecule has 3 rings (SSSR count). The molecule has 8 heteroatoms. The van der Waals surface area contributed by atoms with Gasteiger partial charge in [0, 0.05) is 4.88 Å². The number of ether oxygens (including phenoxy) is 1. The first kappa shape index (κ1) is 22.2. The molecule has 1 N–H and O–H groups in total. The number of anilines is 1. The van der Waals surface area contributed by atoms with E-state index in [0.29, 0.717) is 15.9 Å². The van der Waals surface area contributed by atoms with Crippen LogP contribution < -0.4 is 10.4 Å². The van der Waals surface area contributed by atoms with Gasteiger partial charge in [-0.05, 0) is 56.2 Å².